The van der Waals surface area contributed by atoms with Crippen molar-refractivity contribution < 1.29 is 13.5 Å². The predicted molar refractivity (Wildman–Crippen MR) is 134 cm³/mol. The van der Waals surface area contributed by atoms with Crippen molar-refractivity contribution in [2.75, 3.05) is 25.0 Å². The van der Waals surface area contributed by atoms with Crippen LogP contribution in [-0.4, -0.2) is 36.4 Å². The van der Waals surface area contributed by atoms with Crippen LogP contribution in [0, 0.1) is 5.92 Å². The van der Waals surface area contributed by atoms with Crippen LogP contribution in [0.2, 0.25) is 0 Å². The molecule has 0 spiro atoms. The van der Waals surface area contributed by atoms with Gasteiger partial charge in [-0.2, -0.15) is 0 Å². The molecule has 3 aliphatic rings. The number of aliphatic imine (C=N–C) groups is 1. The van der Waals surface area contributed by atoms with Crippen LogP contribution in [0.5, 0.6) is 5.75 Å². The first kappa shape index (κ1) is 24.0. The van der Waals surface area contributed by atoms with Gasteiger partial charge in [0.25, 0.3) is 0 Å². The van der Waals surface area contributed by atoms with Gasteiger partial charge in [-0.3, -0.25) is 0 Å². The van der Waals surface area contributed by atoms with Gasteiger partial charge in [0.05, 0.1) is 12.4 Å². The van der Waals surface area contributed by atoms with Gasteiger partial charge < -0.3 is 20.7 Å². The fourth-order valence-electron chi connectivity index (χ4n) is 4.79. The van der Waals surface area contributed by atoms with Gasteiger partial charge in [-0.25, -0.2) is 13.8 Å². The number of amidine groups is 1. The normalized spacial score (nSPS) is 22.0. The Bertz CT molecular complexity index is 1040. The summed E-state index contributed by atoms with van der Waals surface area (Å²) < 4.78 is 32.6. The number of hydrogen-bond acceptors (Lipinski definition) is 5. The molecule has 182 valence electrons. The molecule has 4 rings (SSSR count). The first-order valence-corrected chi connectivity index (χ1v) is 11.9. The van der Waals surface area contributed by atoms with Crippen LogP contribution in [0.25, 0.3) is 0 Å². The lowest BCUT2D eigenvalue weighted by atomic mass is 9.87. The smallest absolute Gasteiger partial charge is 0.248 e. The summed E-state index contributed by atoms with van der Waals surface area (Å²) in [6.45, 7) is 10.4. The van der Waals surface area contributed by atoms with Crippen LogP contribution in [0.4, 0.5) is 14.5 Å². The van der Waals surface area contributed by atoms with E-state index in [0.717, 1.165) is 47.9 Å². The van der Waals surface area contributed by atoms with Crippen LogP contribution in [-0.2, 0) is 0 Å². The molecule has 3 N–H and O–H groups in total. The average Bonchev–Trinajstić information content (AvgIpc) is 3.16. The Morgan fingerprint density at radius 2 is 2.09 bits per heavy atom. The highest BCUT2D eigenvalue weighted by Gasteiger charge is 2.35. The number of allylic oxidation sites excluding steroid dienone is 1. The molecule has 5 nitrogen and oxygen atoms in total. The Morgan fingerprint density at radius 1 is 1.32 bits per heavy atom. The van der Waals surface area contributed by atoms with Crippen LogP contribution >= 0.6 is 0 Å². The maximum Gasteiger partial charge on any atom is 0.248 e. The van der Waals surface area contributed by atoms with E-state index in [0.29, 0.717) is 25.3 Å². The molecular formula is C27H34F2N4O. The summed E-state index contributed by atoms with van der Waals surface area (Å²) in [7, 11) is 0. The number of nitrogens with one attached hydrogen (secondary N) is 1. The Kier molecular flexibility index (Phi) is 7.10. The lowest BCUT2D eigenvalue weighted by Gasteiger charge is -2.31. The minimum absolute atomic E-state index is 0.0393. The summed E-state index contributed by atoms with van der Waals surface area (Å²) in [6.07, 6.45) is 5.89. The van der Waals surface area contributed by atoms with Gasteiger partial charge in [-0.15, -0.1) is 0 Å². The van der Waals surface area contributed by atoms with Crippen molar-refractivity contribution in [2.45, 2.75) is 51.9 Å². The molecule has 0 radical (unpaired) electrons. The molecule has 1 aliphatic carbocycles. The molecule has 0 atom stereocenters. The van der Waals surface area contributed by atoms with Crippen molar-refractivity contribution in [3.8, 4) is 5.75 Å². The predicted octanol–water partition coefficient (Wildman–Crippen LogP) is 6.00. The fraction of sp³-hybridized carbons (Fsp3) is 0.444. The molecule has 0 saturated heterocycles. The third kappa shape index (κ3) is 5.69. The lowest BCUT2D eigenvalue weighted by Crippen LogP contribution is -2.31. The second kappa shape index (κ2) is 10.0. The molecular weight excluding hydrogens is 434 g/mol. The molecule has 1 aromatic carbocycles. The van der Waals surface area contributed by atoms with Gasteiger partial charge in [0, 0.05) is 49.5 Å². The van der Waals surface area contributed by atoms with Crippen molar-refractivity contribution in [2.24, 2.45) is 16.6 Å². The van der Waals surface area contributed by atoms with Gasteiger partial charge in [0.15, 0.2) is 0 Å². The molecule has 2 aliphatic heterocycles. The molecule has 0 aromatic heterocycles. The molecule has 0 unspecified atom stereocenters. The first-order valence-electron chi connectivity index (χ1n) is 11.9. The molecule has 34 heavy (non-hydrogen) atoms. The third-order valence-corrected chi connectivity index (χ3v) is 6.94. The van der Waals surface area contributed by atoms with Crippen molar-refractivity contribution in [1.29, 1.82) is 0 Å². The third-order valence-electron chi connectivity index (χ3n) is 6.94. The zero-order valence-corrected chi connectivity index (χ0v) is 20.0. The summed E-state index contributed by atoms with van der Waals surface area (Å²) >= 11 is 0. The zero-order chi connectivity index (χ0) is 24.3. The number of nitrogens with zero attached hydrogens (tertiary/aromatic N) is 2. The summed E-state index contributed by atoms with van der Waals surface area (Å²) in [5, 5.41) is 3.38. The lowest BCUT2D eigenvalue weighted by molar-refractivity contribution is -0.0498. The van der Waals surface area contributed by atoms with Gasteiger partial charge in [-0.1, -0.05) is 18.7 Å². The van der Waals surface area contributed by atoms with Gasteiger partial charge in [0.1, 0.15) is 11.6 Å². The highest BCUT2D eigenvalue weighted by Crippen LogP contribution is 2.36. The van der Waals surface area contributed by atoms with Gasteiger partial charge in [-0.05, 0) is 67.9 Å². The quantitative estimate of drug-likeness (QED) is 0.515. The number of nitrogens with two attached hydrogens (primary N) is 1. The second-order valence-corrected chi connectivity index (χ2v) is 9.46. The van der Waals surface area contributed by atoms with Crippen molar-refractivity contribution in [3.63, 3.8) is 0 Å². The van der Waals surface area contributed by atoms with Crippen LogP contribution < -0.4 is 15.8 Å². The largest absolute Gasteiger partial charge is 0.493 e. The van der Waals surface area contributed by atoms with E-state index in [1.807, 2.05) is 37.4 Å². The van der Waals surface area contributed by atoms with E-state index in [9.17, 15) is 8.78 Å². The number of halogens is 2. The highest BCUT2D eigenvalue weighted by molar-refractivity contribution is 6.04. The Hall–Kier alpha value is -3.09. The Morgan fingerprint density at radius 3 is 2.74 bits per heavy atom. The number of hydrogen-bond donors (Lipinski definition) is 2. The SMILES string of the molecule is C=C(Nc1cccc(OCC2CCC(F)(F)CC2)c1)N1CC=C(/C(C)=C2\C(C)=CN=C2N)CC1. The van der Waals surface area contributed by atoms with Crippen molar-refractivity contribution in [3.05, 3.63) is 71.2 Å². The average molecular weight is 469 g/mol. The number of rotatable bonds is 7. The van der Waals surface area contributed by atoms with E-state index in [-0.39, 0.29) is 18.8 Å². The number of ether oxygens (including phenoxy) is 1. The highest BCUT2D eigenvalue weighted by atomic mass is 19.3. The van der Waals surface area contributed by atoms with E-state index in [1.165, 1.54) is 11.1 Å². The molecule has 0 amide bonds. The summed E-state index contributed by atoms with van der Waals surface area (Å²) in [6, 6.07) is 7.72. The van der Waals surface area contributed by atoms with Crippen molar-refractivity contribution >= 4 is 11.5 Å². The summed E-state index contributed by atoms with van der Waals surface area (Å²) in [5.74, 6) is -0.172. The van der Waals surface area contributed by atoms with Gasteiger partial charge in [0.2, 0.25) is 5.92 Å². The molecule has 1 fully saturated rings. The Balaban J connectivity index is 1.30. The minimum Gasteiger partial charge on any atom is -0.493 e. The van der Waals surface area contributed by atoms with Crippen molar-refractivity contribution in [1.82, 2.24) is 4.90 Å². The van der Waals surface area contributed by atoms with Crippen LogP contribution in [0.1, 0.15) is 46.0 Å². The van der Waals surface area contributed by atoms with E-state index < -0.39 is 5.92 Å². The molecule has 1 aromatic rings. The fourth-order valence-corrected chi connectivity index (χ4v) is 4.79. The number of alkyl halides is 2. The zero-order valence-electron chi connectivity index (χ0n) is 20.0. The summed E-state index contributed by atoms with van der Waals surface area (Å²) in [5.41, 5.74) is 11.6. The second-order valence-electron chi connectivity index (χ2n) is 9.46. The van der Waals surface area contributed by atoms with E-state index in [1.54, 1.807) is 0 Å². The molecule has 0 bridgehead atoms. The van der Waals surface area contributed by atoms with E-state index >= 15 is 0 Å². The standard InChI is InChI=1S/C27H34F2N4O/c1-18-16-31-26(30)25(18)19(2)22-9-13-33(14-10-22)20(3)32-23-5-4-6-24(15-23)34-17-21-7-11-27(28,29)12-8-21/h4-6,9,15-16,21,32H,3,7-8,10-14,17H2,1-2H3,(H2,30,31)/b25-19+. The maximum atomic E-state index is 13.4. The Labute approximate surface area is 200 Å². The molecule has 1 saturated carbocycles. The summed E-state index contributed by atoms with van der Waals surface area (Å²) in [4.78, 5) is 6.43. The van der Waals surface area contributed by atoms with E-state index in [2.05, 4.69) is 34.8 Å². The maximum absolute atomic E-state index is 13.4. The number of anilines is 1. The monoisotopic (exact) mass is 468 g/mol. The van der Waals surface area contributed by atoms with Crippen LogP contribution in [0.15, 0.2) is 76.2 Å². The minimum atomic E-state index is -2.51. The van der Waals surface area contributed by atoms with Crippen LogP contribution in [0.3, 0.4) is 0 Å². The molecule has 2 heterocycles. The number of benzene rings is 1. The first-order chi connectivity index (χ1) is 16.2. The topological polar surface area (TPSA) is 62.9 Å². The van der Waals surface area contributed by atoms with Gasteiger partial charge >= 0.3 is 0 Å². The molecule has 7 heteroatoms. The van der Waals surface area contributed by atoms with E-state index in [4.69, 9.17) is 10.5 Å².